The van der Waals surface area contributed by atoms with Gasteiger partial charge in [0, 0.05) is 7.05 Å². The predicted octanol–water partition coefficient (Wildman–Crippen LogP) is 1.59. The molecule has 0 unspecified atom stereocenters. The molecule has 6 nitrogen and oxygen atoms in total. The summed E-state index contributed by atoms with van der Waals surface area (Å²) in [5.41, 5.74) is -0.452. The van der Waals surface area contributed by atoms with E-state index in [9.17, 15) is 18.0 Å². The molecular weight excluding hydrogens is 299 g/mol. The minimum atomic E-state index is -4.42. The van der Waals surface area contributed by atoms with Crippen molar-refractivity contribution in [3.8, 4) is 0 Å². The lowest BCUT2D eigenvalue weighted by Crippen LogP contribution is -2.21. The number of benzene rings is 1. The molecule has 0 aliphatic carbocycles. The molecule has 0 aliphatic rings. The van der Waals surface area contributed by atoms with Crippen molar-refractivity contribution in [1.82, 2.24) is 24.5 Å². The van der Waals surface area contributed by atoms with Gasteiger partial charge in [0.2, 0.25) is 0 Å². The molecule has 0 N–H and O–H groups in total. The highest BCUT2D eigenvalue weighted by Gasteiger charge is 2.30. The maximum atomic E-state index is 12.7. The largest absolute Gasteiger partial charge is 0.416 e. The zero-order valence-corrected chi connectivity index (χ0v) is 11.4. The number of rotatable bonds is 2. The van der Waals surface area contributed by atoms with Gasteiger partial charge < -0.3 is 0 Å². The zero-order valence-electron chi connectivity index (χ0n) is 11.4. The normalized spacial score (nSPS) is 12.0. The summed E-state index contributed by atoms with van der Waals surface area (Å²) in [6.45, 7) is -0.0255. The van der Waals surface area contributed by atoms with Crippen molar-refractivity contribution in [2.75, 3.05) is 0 Å². The van der Waals surface area contributed by atoms with Gasteiger partial charge in [0.15, 0.2) is 11.2 Å². The van der Waals surface area contributed by atoms with Crippen molar-refractivity contribution in [3.05, 3.63) is 52.1 Å². The van der Waals surface area contributed by atoms with Gasteiger partial charge in [0.1, 0.15) is 6.33 Å². The maximum absolute atomic E-state index is 12.7. The van der Waals surface area contributed by atoms with E-state index in [0.717, 1.165) is 12.1 Å². The fourth-order valence-electron chi connectivity index (χ4n) is 2.10. The molecule has 0 fully saturated rings. The van der Waals surface area contributed by atoms with Crippen LogP contribution in [0.2, 0.25) is 0 Å². The van der Waals surface area contributed by atoms with Gasteiger partial charge in [-0.1, -0.05) is 17.3 Å². The van der Waals surface area contributed by atoms with E-state index in [-0.39, 0.29) is 12.1 Å². The Hall–Kier alpha value is -2.71. The summed E-state index contributed by atoms with van der Waals surface area (Å²) >= 11 is 0. The van der Waals surface area contributed by atoms with Crippen molar-refractivity contribution < 1.29 is 13.2 Å². The lowest BCUT2D eigenvalue weighted by atomic mass is 10.1. The number of aryl methyl sites for hydroxylation is 1. The van der Waals surface area contributed by atoms with E-state index in [1.807, 2.05) is 0 Å². The van der Waals surface area contributed by atoms with Crippen LogP contribution < -0.4 is 5.56 Å². The van der Waals surface area contributed by atoms with E-state index in [4.69, 9.17) is 0 Å². The molecule has 3 rings (SSSR count). The monoisotopic (exact) mass is 309 g/mol. The molecule has 114 valence electrons. The van der Waals surface area contributed by atoms with Crippen LogP contribution in [0.3, 0.4) is 0 Å². The third kappa shape index (κ3) is 2.45. The molecule has 2 aromatic heterocycles. The molecule has 0 saturated heterocycles. The van der Waals surface area contributed by atoms with E-state index in [2.05, 4.69) is 15.3 Å². The lowest BCUT2D eigenvalue weighted by Gasteiger charge is -2.09. The van der Waals surface area contributed by atoms with E-state index in [1.165, 1.54) is 27.7 Å². The molecule has 0 atom stereocenters. The van der Waals surface area contributed by atoms with Crippen LogP contribution in [0.15, 0.2) is 35.4 Å². The fraction of sp³-hybridized carbons (Fsp3) is 0.231. The Labute approximate surface area is 121 Å². The summed E-state index contributed by atoms with van der Waals surface area (Å²) in [5, 5.41) is 7.41. The number of alkyl halides is 3. The van der Waals surface area contributed by atoms with Crippen molar-refractivity contribution in [2.24, 2.45) is 7.05 Å². The first-order valence-corrected chi connectivity index (χ1v) is 6.27. The second-order valence-corrected chi connectivity index (χ2v) is 4.76. The summed E-state index contributed by atoms with van der Waals surface area (Å²) in [6.07, 6.45) is -3.15. The van der Waals surface area contributed by atoms with Gasteiger partial charge in [-0.3, -0.25) is 9.36 Å². The van der Waals surface area contributed by atoms with Crippen molar-refractivity contribution in [2.45, 2.75) is 12.7 Å². The molecule has 0 amide bonds. The predicted molar refractivity (Wildman–Crippen MR) is 71.1 cm³/mol. The van der Waals surface area contributed by atoms with Crippen molar-refractivity contribution in [1.29, 1.82) is 0 Å². The highest BCUT2D eigenvalue weighted by Crippen LogP contribution is 2.29. The summed E-state index contributed by atoms with van der Waals surface area (Å²) in [6, 6.07) is 4.81. The van der Waals surface area contributed by atoms with Crippen molar-refractivity contribution in [3.63, 3.8) is 0 Å². The number of hydrogen-bond donors (Lipinski definition) is 0. The fourth-order valence-corrected chi connectivity index (χ4v) is 2.10. The Morgan fingerprint density at radius 2 is 2.05 bits per heavy atom. The minimum absolute atomic E-state index is 0.0255. The SMILES string of the molecule is Cn1nnc2c(=O)n(Cc3cccc(C(F)(F)F)c3)cnc21. The van der Waals surface area contributed by atoms with E-state index in [0.29, 0.717) is 11.2 Å². The maximum Gasteiger partial charge on any atom is 0.416 e. The van der Waals surface area contributed by atoms with Crippen LogP contribution in [0.4, 0.5) is 13.2 Å². The molecule has 1 aromatic carbocycles. The first kappa shape index (κ1) is 14.2. The Morgan fingerprint density at radius 1 is 1.27 bits per heavy atom. The average molecular weight is 309 g/mol. The minimum Gasteiger partial charge on any atom is -0.293 e. The van der Waals surface area contributed by atoms with Crippen LogP contribution in [-0.4, -0.2) is 24.5 Å². The number of nitrogens with zero attached hydrogens (tertiary/aromatic N) is 5. The highest BCUT2D eigenvalue weighted by molar-refractivity contribution is 5.67. The average Bonchev–Trinajstić information content (AvgIpc) is 2.84. The Bertz CT molecular complexity index is 897. The van der Waals surface area contributed by atoms with Crippen molar-refractivity contribution >= 4 is 11.2 Å². The zero-order chi connectivity index (χ0) is 15.9. The third-order valence-electron chi connectivity index (χ3n) is 3.19. The molecular formula is C13H10F3N5O. The number of fused-ring (bicyclic) bond motifs is 1. The standard InChI is InChI=1S/C13H10F3N5O/c1-20-11-10(18-19-20)12(22)21(7-17-11)6-8-3-2-4-9(5-8)13(14,15)16/h2-5,7H,6H2,1H3. The van der Waals surface area contributed by atoms with Gasteiger partial charge in [-0.2, -0.15) is 13.2 Å². The Morgan fingerprint density at radius 3 is 2.77 bits per heavy atom. The molecule has 2 heterocycles. The molecule has 3 aromatic rings. The molecule has 22 heavy (non-hydrogen) atoms. The van der Waals surface area contributed by atoms with Crippen LogP contribution >= 0.6 is 0 Å². The van der Waals surface area contributed by atoms with Crippen LogP contribution in [0.5, 0.6) is 0 Å². The van der Waals surface area contributed by atoms with Crippen LogP contribution in [0, 0.1) is 0 Å². The summed E-state index contributed by atoms with van der Waals surface area (Å²) in [7, 11) is 1.60. The lowest BCUT2D eigenvalue weighted by molar-refractivity contribution is -0.137. The molecule has 0 spiro atoms. The molecule has 0 radical (unpaired) electrons. The smallest absolute Gasteiger partial charge is 0.293 e. The number of hydrogen-bond acceptors (Lipinski definition) is 4. The first-order valence-electron chi connectivity index (χ1n) is 6.27. The summed E-state index contributed by atoms with van der Waals surface area (Å²) < 4.78 is 40.6. The van der Waals surface area contributed by atoms with Gasteiger partial charge >= 0.3 is 6.18 Å². The first-order chi connectivity index (χ1) is 10.4. The second kappa shape index (κ2) is 4.93. The molecule has 0 bridgehead atoms. The van der Waals surface area contributed by atoms with Crippen LogP contribution in [0.25, 0.3) is 11.2 Å². The number of halogens is 3. The topological polar surface area (TPSA) is 65.6 Å². The quantitative estimate of drug-likeness (QED) is 0.721. The summed E-state index contributed by atoms with van der Waals surface area (Å²) in [4.78, 5) is 16.3. The molecule has 9 heteroatoms. The van der Waals surface area contributed by atoms with Gasteiger partial charge in [0.25, 0.3) is 5.56 Å². The van der Waals surface area contributed by atoms with E-state index in [1.54, 1.807) is 7.05 Å². The Balaban J connectivity index is 2.00. The van der Waals surface area contributed by atoms with Gasteiger partial charge in [-0.15, -0.1) is 5.10 Å². The Kier molecular flexibility index (Phi) is 3.19. The highest BCUT2D eigenvalue weighted by atomic mass is 19.4. The molecule has 0 aliphatic heterocycles. The van der Waals surface area contributed by atoms with Gasteiger partial charge in [-0.25, -0.2) is 9.67 Å². The van der Waals surface area contributed by atoms with Gasteiger partial charge in [0.05, 0.1) is 12.1 Å². The summed E-state index contributed by atoms with van der Waals surface area (Å²) in [5.74, 6) is 0. The van der Waals surface area contributed by atoms with E-state index < -0.39 is 17.3 Å². The van der Waals surface area contributed by atoms with Crippen LogP contribution in [0.1, 0.15) is 11.1 Å². The molecule has 0 saturated carbocycles. The third-order valence-corrected chi connectivity index (χ3v) is 3.19. The van der Waals surface area contributed by atoms with Gasteiger partial charge in [-0.05, 0) is 17.7 Å². The van der Waals surface area contributed by atoms with E-state index >= 15 is 0 Å². The van der Waals surface area contributed by atoms with Crippen LogP contribution in [-0.2, 0) is 19.8 Å². The second-order valence-electron chi connectivity index (χ2n) is 4.76. The number of aromatic nitrogens is 5.